The van der Waals surface area contributed by atoms with E-state index in [2.05, 4.69) is 0 Å². The van der Waals surface area contributed by atoms with Gasteiger partial charge in [0.2, 0.25) is 0 Å². The third kappa shape index (κ3) is 7.32. The van der Waals surface area contributed by atoms with Gasteiger partial charge in [0.05, 0.1) is 26.1 Å². The van der Waals surface area contributed by atoms with E-state index < -0.39 is 11.5 Å². The summed E-state index contributed by atoms with van der Waals surface area (Å²) in [5.74, 6) is -1.69. The molecule has 0 unspecified atom stereocenters. The van der Waals surface area contributed by atoms with Gasteiger partial charge in [0.15, 0.2) is 5.43 Å². The van der Waals surface area contributed by atoms with Crippen LogP contribution in [0, 0.1) is 27.7 Å². The number of halogens is 4. The van der Waals surface area contributed by atoms with Crippen molar-refractivity contribution in [1.82, 2.24) is 0 Å². The third-order valence-electron chi connectivity index (χ3n) is 5.75. The van der Waals surface area contributed by atoms with Crippen molar-refractivity contribution in [3.8, 4) is 28.2 Å². The molecule has 2 aromatic rings. The molecule has 0 fully saturated rings. The minimum atomic E-state index is -1.62. The van der Waals surface area contributed by atoms with Crippen LogP contribution in [0.2, 0.25) is 20.1 Å². The zero-order valence-corrected chi connectivity index (χ0v) is 33.0. The van der Waals surface area contributed by atoms with Crippen LogP contribution < -0.4 is 118 Å². The van der Waals surface area contributed by atoms with Crippen LogP contribution in [0.1, 0.15) is 60.3 Å². The molecule has 2 aromatic carbocycles. The van der Waals surface area contributed by atoms with Crippen LogP contribution in [0.3, 0.4) is 0 Å². The minimum Gasteiger partial charge on any atom is -0.872 e. The van der Waals surface area contributed by atoms with Crippen molar-refractivity contribution in [2.24, 2.45) is 0 Å². The average molecular weight is 663 g/mol. The maximum absolute atomic E-state index is 12.7. The summed E-state index contributed by atoms with van der Waals surface area (Å²) in [5.41, 5.74) is 1.50. The standard InChI is InChI=1S/C24H16Cl4O5.2C2H6.2K/c1-7-5-11-13(14-15(24(31)32)17(26)19(28)18(27)16(14)25)12-6-8(2)21(30)10(4)23(12)33-22(11)9(3)20(7)29;2*1-2;;/h5-6,29H,1-4H3,(H,31,32);2*1-2H3;;/q;;;2*+1/p-2. The maximum atomic E-state index is 12.7. The fourth-order valence-corrected chi connectivity index (χ4v) is 5.13. The van der Waals surface area contributed by atoms with E-state index in [1.54, 1.807) is 39.8 Å². The summed E-state index contributed by atoms with van der Waals surface area (Å²) in [6.45, 7) is 14.4. The molecular formula is C28H26Cl4K2O5. The molecule has 0 amide bonds. The number of benzene rings is 3. The molecule has 5 nitrogen and oxygen atoms in total. The van der Waals surface area contributed by atoms with E-state index in [1.807, 2.05) is 27.7 Å². The van der Waals surface area contributed by atoms with Crippen LogP contribution in [0.4, 0.5) is 0 Å². The summed E-state index contributed by atoms with van der Waals surface area (Å²) in [5, 5.41) is 24.4. The number of fused-ring (bicyclic) bond motifs is 2. The second kappa shape index (κ2) is 16.6. The predicted molar refractivity (Wildman–Crippen MR) is 150 cm³/mol. The van der Waals surface area contributed by atoms with Crippen LogP contribution in [0.5, 0.6) is 5.75 Å². The fourth-order valence-electron chi connectivity index (χ4n) is 4.11. The zero-order valence-electron chi connectivity index (χ0n) is 23.7. The van der Waals surface area contributed by atoms with Gasteiger partial charge in [0, 0.05) is 33.2 Å². The molecule has 39 heavy (non-hydrogen) atoms. The quantitative estimate of drug-likeness (QED) is 0.142. The summed E-state index contributed by atoms with van der Waals surface area (Å²) in [6, 6.07) is 3.15. The monoisotopic (exact) mass is 660 g/mol. The number of carbonyl (C=O) groups excluding carboxylic acids is 1. The Morgan fingerprint density at radius 1 is 0.769 bits per heavy atom. The molecule has 0 saturated heterocycles. The number of carboxylic acids is 1. The normalized spacial score (nSPS) is 10.1. The van der Waals surface area contributed by atoms with E-state index in [0.717, 1.165) is 0 Å². The van der Waals surface area contributed by atoms with Crippen LogP contribution in [-0.2, 0) is 0 Å². The van der Waals surface area contributed by atoms with E-state index in [-0.39, 0.29) is 168 Å². The first-order valence-corrected chi connectivity index (χ1v) is 13.1. The molecule has 0 N–H and O–H groups in total. The molecule has 0 saturated carbocycles. The maximum Gasteiger partial charge on any atom is 1.00 e. The number of aromatic carboxylic acids is 1. The average Bonchev–Trinajstić information content (AvgIpc) is 2.88. The molecular weight excluding hydrogens is 636 g/mol. The van der Waals surface area contributed by atoms with Gasteiger partial charge < -0.3 is 19.4 Å². The molecule has 1 aliphatic carbocycles. The first-order valence-electron chi connectivity index (χ1n) is 11.6. The zero-order chi connectivity index (χ0) is 28.5. The summed E-state index contributed by atoms with van der Waals surface area (Å²) in [6.07, 6.45) is 0. The molecule has 0 atom stereocenters. The van der Waals surface area contributed by atoms with Crippen LogP contribution >= 0.6 is 46.4 Å². The Morgan fingerprint density at radius 3 is 1.79 bits per heavy atom. The number of rotatable bonds is 2. The topological polar surface area (TPSA) is 93.4 Å². The minimum absolute atomic E-state index is 0. The Kier molecular flexibility index (Phi) is 17.0. The number of hydrogen-bond acceptors (Lipinski definition) is 5. The molecule has 2 aliphatic rings. The predicted octanol–water partition coefficient (Wildman–Crippen LogP) is 1.91. The van der Waals surface area contributed by atoms with Crippen LogP contribution in [0.25, 0.3) is 33.4 Å². The van der Waals surface area contributed by atoms with Gasteiger partial charge in [-0.1, -0.05) is 85.4 Å². The van der Waals surface area contributed by atoms with E-state index in [0.29, 0.717) is 22.1 Å². The second-order valence-electron chi connectivity index (χ2n) is 7.82. The first-order chi connectivity index (χ1) is 17.4. The molecule has 0 radical (unpaired) electrons. The van der Waals surface area contributed by atoms with Crippen molar-refractivity contribution in [3.05, 3.63) is 70.3 Å². The molecule has 0 bridgehead atoms. The molecule has 4 rings (SSSR count). The number of aryl methyl sites for hydroxylation is 3. The number of carboxylic acid groups (broad SMARTS) is 1. The van der Waals surface area contributed by atoms with Crippen molar-refractivity contribution in [3.63, 3.8) is 0 Å². The van der Waals surface area contributed by atoms with Crippen LogP contribution in [0.15, 0.2) is 21.3 Å². The van der Waals surface area contributed by atoms with E-state index in [1.165, 1.54) is 0 Å². The van der Waals surface area contributed by atoms with Gasteiger partial charge in [-0.15, -0.1) is 0 Å². The Labute approximate surface area is 333 Å². The van der Waals surface area contributed by atoms with E-state index in [4.69, 9.17) is 50.8 Å². The van der Waals surface area contributed by atoms with Gasteiger partial charge in [-0.2, -0.15) is 0 Å². The van der Waals surface area contributed by atoms with Gasteiger partial charge in [-0.25, -0.2) is 0 Å². The summed E-state index contributed by atoms with van der Waals surface area (Å²) in [7, 11) is 0. The molecule has 0 spiro atoms. The Morgan fingerprint density at radius 2 is 1.28 bits per heavy atom. The number of hydrogen-bond donors (Lipinski definition) is 0. The molecule has 1 heterocycles. The number of carbonyl (C=O) groups is 1. The SMILES string of the molecule is CC.CC.Cc1cc2c(-c3c(Cl)c(Cl)c(Cl)c(Cl)c3C(=O)[O-])c3cc(C)c(=O)c(C)c-3oc2c(C)c1[O-].[K+].[K+]. The van der Waals surface area contributed by atoms with Crippen LogP contribution in [-0.4, -0.2) is 5.97 Å². The molecule has 11 heteroatoms. The Hall–Kier alpha value is 0.833. The Balaban J connectivity index is 0.00000230. The summed E-state index contributed by atoms with van der Waals surface area (Å²) < 4.78 is 6.07. The third-order valence-corrected chi connectivity index (χ3v) is 7.56. The molecule has 0 aromatic heterocycles. The molecule has 198 valence electrons. The smallest absolute Gasteiger partial charge is 0.872 e. The first kappa shape index (κ1) is 39.8. The largest absolute Gasteiger partial charge is 1.00 e. The molecule has 1 aliphatic heterocycles. The summed E-state index contributed by atoms with van der Waals surface area (Å²) >= 11 is 25.3. The van der Waals surface area contributed by atoms with Gasteiger partial charge in [-0.05, 0) is 51.0 Å². The van der Waals surface area contributed by atoms with E-state index in [9.17, 15) is 19.8 Å². The van der Waals surface area contributed by atoms with Crippen molar-refractivity contribution in [1.29, 1.82) is 0 Å². The van der Waals surface area contributed by atoms with Gasteiger partial charge in [0.25, 0.3) is 0 Å². The van der Waals surface area contributed by atoms with Crippen molar-refractivity contribution < 1.29 is 122 Å². The fraction of sp³-hybridized carbons (Fsp3) is 0.286. The van der Waals surface area contributed by atoms with Crippen molar-refractivity contribution in [2.75, 3.05) is 0 Å². The second-order valence-corrected chi connectivity index (χ2v) is 9.33. The van der Waals surface area contributed by atoms with E-state index >= 15 is 0 Å². The van der Waals surface area contributed by atoms with Gasteiger partial charge in [0.1, 0.15) is 11.3 Å². The summed E-state index contributed by atoms with van der Waals surface area (Å²) in [4.78, 5) is 24.9. The Bertz CT molecular complexity index is 1570. The van der Waals surface area contributed by atoms with Gasteiger partial charge >= 0.3 is 103 Å². The van der Waals surface area contributed by atoms with Gasteiger partial charge in [-0.3, -0.25) is 4.79 Å². The van der Waals surface area contributed by atoms with Crippen molar-refractivity contribution >= 4 is 63.3 Å². The van der Waals surface area contributed by atoms with Crippen molar-refractivity contribution in [2.45, 2.75) is 55.4 Å².